The molecule has 7 nitrogen and oxygen atoms in total. The second kappa shape index (κ2) is 6.06. The Bertz CT molecular complexity index is 978. The van der Waals surface area contributed by atoms with Crippen molar-refractivity contribution in [2.45, 2.75) is 18.5 Å². The Morgan fingerprint density at radius 1 is 1.33 bits per heavy atom. The van der Waals surface area contributed by atoms with Crippen LogP contribution in [0.5, 0.6) is 0 Å². The molecule has 4 rings (SSSR count). The third-order valence-corrected chi connectivity index (χ3v) is 5.21. The van der Waals surface area contributed by atoms with E-state index in [0.717, 1.165) is 0 Å². The van der Waals surface area contributed by atoms with Gasteiger partial charge >= 0.3 is 6.03 Å². The van der Waals surface area contributed by atoms with Crippen LogP contribution in [0.25, 0.3) is 0 Å². The zero-order valence-corrected chi connectivity index (χ0v) is 14.2. The van der Waals surface area contributed by atoms with E-state index in [-0.39, 0.29) is 25.4 Å². The lowest BCUT2D eigenvalue weighted by molar-refractivity contribution is -0.125. The molecule has 4 amide bonds. The maximum absolute atomic E-state index is 13.4. The molecule has 1 aromatic carbocycles. The van der Waals surface area contributed by atoms with E-state index in [0.29, 0.717) is 16.7 Å². The van der Waals surface area contributed by atoms with E-state index in [1.807, 2.05) is 6.07 Å². The quantitative estimate of drug-likeness (QED) is 0.792. The molecule has 2 N–H and O–H groups in total. The normalized spacial score (nSPS) is 26.4. The van der Waals surface area contributed by atoms with Crippen LogP contribution in [0, 0.1) is 17.2 Å². The van der Waals surface area contributed by atoms with Crippen molar-refractivity contribution in [2.24, 2.45) is 5.92 Å². The number of nitrogens with zero attached hydrogens (tertiary/aromatic N) is 2. The number of urea groups is 1. The first-order valence-corrected chi connectivity index (χ1v) is 8.43. The van der Waals surface area contributed by atoms with Crippen LogP contribution in [0.4, 0.5) is 9.18 Å². The summed E-state index contributed by atoms with van der Waals surface area (Å²) >= 11 is 0. The molecule has 27 heavy (non-hydrogen) atoms. The van der Waals surface area contributed by atoms with E-state index in [4.69, 9.17) is 5.26 Å². The molecule has 8 heteroatoms. The smallest absolute Gasteiger partial charge is 0.322 e. The van der Waals surface area contributed by atoms with Crippen molar-refractivity contribution in [3.63, 3.8) is 0 Å². The van der Waals surface area contributed by atoms with Crippen molar-refractivity contribution in [1.82, 2.24) is 15.5 Å². The fraction of sp³-hybridized carbons (Fsp3) is 0.263. The summed E-state index contributed by atoms with van der Waals surface area (Å²) < 4.78 is 13.4. The highest BCUT2D eigenvalue weighted by Gasteiger charge is 2.53. The van der Waals surface area contributed by atoms with Gasteiger partial charge in [-0.15, -0.1) is 0 Å². The lowest BCUT2D eigenvalue weighted by Gasteiger charge is -2.36. The number of carbonyl (C=O) groups is 3. The minimum Gasteiger partial charge on any atom is -0.331 e. The number of amides is 4. The largest absolute Gasteiger partial charge is 0.331 e. The average Bonchev–Trinajstić information content (AvgIpc) is 3.11. The van der Waals surface area contributed by atoms with Crippen molar-refractivity contribution >= 4 is 17.8 Å². The summed E-state index contributed by atoms with van der Waals surface area (Å²) in [7, 11) is 0. The molecular formula is C19H15FN4O3. The SMILES string of the molecule is N#Cc1ccc2c(c1)CN(CC1(C3C=CC(F)=CC3)NC(=O)NC1=O)C2=O. The van der Waals surface area contributed by atoms with Gasteiger partial charge in [-0.05, 0) is 42.3 Å². The summed E-state index contributed by atoms with van der Waals surface area (Å²) in [4.78, 5) is 38.7. The minimum atomic E-state index is -1.37. The van der Waals surface area contributed by atoms with Crippen molar-refractivity contribution in [1.29, 1.82) is 5.26 Å². The lowest BCUT2D eigenvalue weighted by Crippen LogP contribution is -2.59. The third kappa shape index (κ3) is 2.68. The van der Waals surface area contributed by atoms with E-state index in [9.17, 15) is 18.8 Å². The number of imide groups is 1. The summed E-state index contributed by atoms with van der Waals surface area (Å²) in [6.07, 6.45) is 4.38. The van der Waals surface area contributed by atoms with Crippen LogP contribution in [0.3, 0.4) is 0 Å². The van der Waals surface area contributed by atoms with Crippen LogP contribution in [0.1, 0.15) is 27.9 Å². The number of halogens is 1. The number of allylic oxidation sites excluding steroid dienone is 3. The Balaban J connectivity index is 1.65. The van der Waals surface area contributed by atoms with Gasteiger partial charge in [0.05, 0.1) is 18.2 Å². The summed E-state index contributed by atoms with van der Waals surface area (Å²) in [5.74, 6) is -1.71. The summed E-state index contributed by atoms with van der Waals surface area (Å²) in [5.41, 5.74) is 0.240. The molecule has 2 heterocycles. The Morgan fingerprint density at radius 2 is 2.15 bits per heavy atom. The topological polar surface area (TPSA) is 102 Å². The van der Waals surface area contributed by atoms with Gasteiger partial charge in [0.2, 0.25) is 0 Å². The van der Waals surface area contributed by atoms with Crippen LogP contribution in [0.2, 0.25) is 0 Å². The van der Waals surface area contributed by atoms with E-state index in [2.05, 4.69) is 10.6 Å². The monoisotopic (exact) mass is 366 g/mol. The molecule has 1 saturated heterocycles. The van der Waals surface area contributed by atoms with E-state index >= 15 is 0 Å². The molecule has 0 spiro atoms. The highest BCUT2D eigenvalue weighted by Crippen LogP contribution is 2.34. The second-order valence-electron chi connectivity index (χ2n) is 6.81. The molecule has 0 bridgehead atoms. The predicted octanol–water partition coefficient (Wildman–Crippen LogP) is 1.52. The van der Waals surface area contributed by atoms with Gasteiger partial charge in [-0.1, -0.05) is 6.08 Å². The molecule has 2 aliphatic heterocycles. The predicted molar refractivity (Wildman–Crippen MR) is 91.7 cm³/mol. The standard InChI is InChI=1S/C19H15FN4O3/c20-14-4-2-13(3-5-14)19(17(26)22-18(27)23-19)10-24-9-12-7-11(8-21)1-6-15(12)16(24)25/h1-2,4-7,13H,3,9-10H2,(H2,22,23,26,27). The van der Waals surface area contributed by atoms with Gasteiger partial charge in [-0.25, -0.2) is 9.18 Å². The first kappa shape index (κ1) is 17.0. The summed E-state index contributed by atoms with van der Waals surface area (Å²) in [5, 5.41) is 13.9. The fourth-order valence-electron chi connectivity index (χ4n) is 3.83. The molecule has 0 saturated carbocycles. The summed E-state index contributed by atoms with van der Waals surface area (Å²) in [6, 6.07) is 6.20. The van der Waals surface area contributed by atoms with Crippen LogP contribution >= 0.6 is 0 Å². The molecule has 0 aromatic heterocycles. The van der Waals surface area contributed by atoms with Crippen LogP contribution in [-0.4, -0.2) is 34.8 Å². The van der Waals surface area contributed by atoms with E-state index < -0.39 is 29.2 Å². The first-order valence-electron chi connectivity index (χ1n) is 8.43. The third-order valence-electron chi connectivity index (χ3n) is 5.21. The van der Waals surface area contributed by atoms with Gasteiger partial charge in [0.15, 0.2) is 0 Å². The number of fused-ring (bicyclic) bond motifs is 1. The van der Waals surface area contributed by atoms with Crippen LogP contribution in [0.15, 0.2) is 42.3 Å². The second-order valence-corrected chi connectivity index (χ2v) is 6.81. The minimum absolute atomic E-state index is 0.0512. The molecule has 1 aliphatic carbocycles. The lowest BCUT2D eigenvalue weighted by atomic mass is 9.79. The number of nitriles is 1. The number of carbonyl (C=O) groups excluding carboxylic acids is 3. The molecule has 0 radical (unpaired) electrons. The van der Waals surface area contributed by atoms with Gasteiger partial charge in [0, 0.05) is 18.0 Å². The van der Waals surface area contributed by atoms with Crippen molar-refractivity contribution in [3.05, 3.63) is 58.9 Å². The number of benzene rings is 1. The van der Waals surface area contributed by atoms with Gasteiger partial charge in [-0.2, -0.15) is 5.26 Å². The number of hydrogen-bond acceptors (Lipinski definition) is 4. The Morgan fingerprint density at radius 3 is 2.78 bits per heavy atom. The Hall–Kier alpha value is -3.47. The molecule has 1 fully saturated rings. The molecular weight excluding hydrogens is 351 g/mol. The average molecular weight is 366 g/mol. The van der Waals surface area contributed by atoms with Gasteiger partial charge in [0.25, 0.3) is 11.8 Å². The maximum atomic E-state index is 13.4. The molecule has 1 aromatic rings. The van der Waals surface area contributed by atoms with Crippen LogP contribution < -0.4 is 10.6 Å². The molecule has 3 aliphatic rings. The van der Waals surface area contributed by atoms with Gasteiger partial charge in [-0.3, -0.25) is 14.9 Å². The van der Waals surface area contributed by atoms with Crippen molar-refractivity contribution in [3.8, 4) is 6.07 Å². The van der Waals surface area contributed by atoms with E-state index in [1.54, 1.807) is 24.3 Å². The van der Waals surface area contributed by atoms with Crippen LogP contribution in [-0.2, 0) is 11.3 Å². The Labute approximate surface area is 154 Å². The van der Waals surface area contributed by atoms with Gasteiger partial charge < -0.3 is 10.2 Å². The zero-order chi connectivity index (χ0) is 19.2. The number of rotatable bonds is 3. The fourth-order valence-corrected chi connectivity index (χ4v) is 3.83. The Kier molecular flexibility index (Phi) is 3.81. The molecule has 2 atom stereocenters. The molecule has 136 valence electrons. The maximum Gasteiger partial charge on any atom is 0.322 e. The number of hydrogen-bond donors (Lipinski definition) is 2. The van der Waals surface area contributed by atoms with Crippen molar-refractivity contribution in [2.75, 3.05) is 6.54 Å². The highest BCUT2D eigenvalue weighted by molar-refractivity contribution is 6.08. The molecule has 2 unspecified atom stereocenters. The summed E-state index contributed by atoms with van der Waals surface area (Å²) in [6.45, 7) is 0.180. The zero-order valence-electron chi connectivity index (χ0n) is 14.2. The van der Waals surface area contributed by atoms with E-state index in [1.165, 1.54) is 17.1 Å². The number of nitrogens with one attached hydrogen (secondary N) is 2. The highest BCUT2D eigenvalue weighted by atomic mass is 19.1. The first-order chi connectivity index (χ1) is 12.9. The van der Waals surface area contributed by atoms with Gasteiger partial charge in [0.1, 0.15) is 11.4 Å². The van der Waals surface area contributed by atoms with Crippen molar-refractivity contribution < 1.29 is 18.8 Å².